The predicted octanol–water partition coefficient (Wildman–Crippen LogP) is 3.62. The molecule has 2 aromatic rings. The van der Waals surface area contributed by atoms with Gasteiger partial charge in [0.15, 0.2) is 0 Å². The lowest BCUT2D eigenvalue weighted by molar-refractivity contribution is 0.259. The van der Waals surface area contributed by atoms with Crippen molar-refractivity contribution in [3.05, 3.63) is 41.7 Å². The molecule has 21 heavy (non-hydrogen) atoms. The van der Waals surface area contributed by atoms with Gasteiger partial charge in [-0.1, -0.05) is 37.6 Å². The van der Waals surface area contributed by atoms with Crippen molar-refractivity contribution in [2.24, 2.45) is 5.92 Å². The Bertz CT molecular complexity index is 589. The van der Waals surface area contributed by atoms with E-state index in [0.29, 0.717) is 16.8 Å². The Morgan fingerprint density at radius 1 is 1.29 bits per heavy atom. The zero-order valence-electron chi connectivity index (χ0n) is 12.3. The van der Waals surface area contributed by atoms with E-state index in [1.807, 2.05) is 24.3 Å². The van der Waals surface area contributed by atoms with E-state index >= 15 is 0 Å². The number of aliphatic hydroxyl groups excluding tert-OH is 1. The molecule has 0 aliphatic rings. The number of rotatable bonds is 6. The molecule has 5 heteroatoms. The van der Waals surface area contributed by atoms with Crippen LogP contribution in [0.5, 0.6) is 0 Å². The highest BCUT2D eigenvalue weighted by Gasteiger charge is 2.11. The highest BCUT2D eigenvalue weighted by molar-refractivity contribution is 6.30. The number of halogens is 1. The van der Waals surface area contributed by atoms with Crippen LogP contribution in [0, 0.1) is 5.92 Å². The number of anilines is 1. The van der Waals surface area contributed by atoms with Crippen molar-refractivity contribution in [1.82, 2.24) is 9.97 Å². The van der Waals surface area contributed by atoms with Crippen LogP contribution < -0.4 is 5.32 Å². The number of benzene rings is 1. The number of nitrogens with one attached hydrogen (secondary N) is 1. The normalized spacial score (nSPS) is 12.4. The van der Waals surface area contributed by atoms with Gasteiger partial charge in [0.2, 0.25) is 0 Å². The SMILES string of the molecule is CC(C)CC(CO)Nc1cncc(-c2cccc(Cl)c2)n1. The monoisotopic (exact) mass is 305 g/mol. The van der Waals surface area contributed by atoms with Gasteiger partial charge in [0.05, 0.1) is 30.7 Å². The van der Waals surface area contributed by atoms with Crippen molar-refractivity contribution < 1.29 is 5.11 Å². The van der Waals surface area contributed by atoms with E-state index in [9.17, 15) is 5.11 Å². The summed E-state index contributed by atoms with van der Waals surface area (Å²) in [5.74, 6) is 1.16. The third-order valence-corrected chi connectivity index (χ3v) is 3.32. The quantitative estimate of drug-likeness (QED) is 0.856. The molecule has 2 rings (SSSR count). The summed E-state index contributed by atoms with van der Waals surface area (Å²) in [6.45, 7) is 4.32. The van der Waals surface area contributed by atoms with Crippen molar-refractivity contribution >= 4 is 17.4 Å². The summed E-state index contributed by atoms with van der Waals surface area (Å²) in [4.78, 5) is 8.74. The van der Waals surface area contributed by atoms with Crippen LogP contribution in [0.2, 0.25) is 5.02 Å². The van der Waals surface area contributed by atoms with Crippen LogP contribution in [-0.2, 0) is 0 Å². The minimum Gasteiger partial charge on any atom is -0.394 e. The first-order valence-electron chi connectivity index (χ1n) is 7.04. The molecule has 1 unspecified atom stereocenters. The van der Waals surface area contributed by atoms with E-state index in [2.05, 4.69) is 29.1 Å². The Kier molecular flexibility index (Phi) is 5.53. The van der Waals surface area contributed by atoms with Crippen molar-refractivity contribution in [1.29, 1.82) is 0 Å². The van der Waals surface area contributed by atoms with Crippen LogP contribution in [0.1, 0.15) is 20.3 Å². The topological polar surface area (TPSA) is 58.0 Å². The highest BCUT2D eigenvalue weighted by atomic mass is 35.5. The van der Waals surface area contributed by atoms with Crippen molar-refractivity contribution in [2.75, 3.05) is 11.9 Å². The Hall–Kier alpha value is -1.65. The zero-order chi connectivity index (χ0) is 15.2. The van der Waals surface area contributed by atoms with Crippen LogP contribution in [0.15, 0.2) is 36.7 Å². The van der Waals surface area contributed by atoms with E-state index in [1.165, 1.54) is 0 Å². The van der Waals surface area contributed by atoms with E-state index in [1.54, 1.807) is 12.4 Å². The summed E-state index contributed by atoms with van der Waals surface area (Å²) in [7, 11) is 0. The lowest BCUT2D eigenvalue weighted by Gasteiger charge is -2.18. The van der Waals surface area contributed by atoms with Crippen molar-refractivity contribution in [3.8, 4) is 11.3 Å². The molecular weight excluding hydrogens is 286 g/mol. The molecule has 0 aliphatic carbocycles. The van der Waals surface area contributed by atoms with Gasteiger partial charge in [-0.05, 0) is 24.5 Å². The van der Waals surface area contributed by atoms with Crippen LogP contribution >= 0.6 is 11.6 Å². The average Bonchev–Trinajstić information content (AvgIpc) is 2.46. The van der Waals surface area contributed by atoms with E-state index < -0.39 is 0 Å². The largest absolute Gasteiger partial charge is 0.394 e. The predicted molar refractivity (Wildman–Crippen MR) is 86.4 cm³/mol. The average molecular weight is 306 g/mol. The summed E-state index contributed by atoms with van der Waals surface area (Å²) in [6.07, 6.45) is 4.24. The summed E-state index contributed by atoms with van der Waals surface area (Å²) in [6, 6.07) is 7.48. The molecule has 1 heterocycles. The number of aliphatic hydroxyl groups is 1. The number of aromatic nitrogens is 2. The van der Waals surface area contributed by atoms with Gasteiger partial charge in [-0.25, -0.2) is 4.98 Å². The highest BCUT2D eigenvalue weighted by Crippen LogP contribution is 2.21. The van der Waals surface area contributed by atoms with Gasteiger partial charge in [0, 0.05) is 10.6 Å². The molecule has 0 saturated carbocycles. The molecular formula is C16H20ClN3O. The second-order valence-electron chi connectivity index (χ2n) is 5.45. The Balaban J connectivity index is 2.17. The second-order valence-corrected chi connectivity index (χ2v) is 5.89. The Morgan fingerprint density at radius 2 is 2.10 bits per heavy atom. The molecule has 0 aliphatic heterocycles. The number of nitrogens with zero attached hydrogens (tertiary/aromatic N) is 2. The lowest BCUT2D eigenvalue weighted by Crippen LogP contribution is -2.26. The lowest BCUT2D eigenvalue weighted by atomic mass is 10.0. The van der Waals surface area contributed by atoms with Crippen LogP contribution in [0.4, 0.5) is 5.82 Å². The molecule has 112 valence electrons. The maximum Gasteiger partial charge on any atom is 0.145 e. The van der Waals surface area contributed by atoms with Gasteiger partial charge >= 0.3 is 0 Å². The van der Waals surface area contributed by atoms with Crippen molar-refractivity contribution in [2.45, 2.75) is 26.3 Å². The fourth-order valence-electron chi connectivity index (χ4n) is 2.18. The molecule has 0 saturated heterocycles. The molecule has 0 spiro atoms. The van der Waals surface area contributed by atoms with Gasteiger partial charge < -0.3 is 10.4 Å². The fourth-order valence-corrected chi connectivity index (χ4v) is 2.37. The molecule has 1 atom stereocenters. The van der Waals surface area contributed by atoms with E-state index in [-0.39, 0.29) is 12.6 Å². The first-order chi connectivity index (χ1) is 10.1. The second kappa shape index (κ2) is 7.38. The van der Waals surface area contributed by atoms with E-state index in [0.717, 1.165) is 17.7 Å². The summed E-state index contributed by atoms with van der Waals surface area (Å²) in [5.41, 5.74) is 1.67. The number of hydrogen-bond acceptors (Lipinski definition) is 4. The fraction of sp³-hybridized carbons (Fsp3) is 0.375. The Morgan fingerprint density at radius 3 is 2.76 bits per heavy atom. The first kappa shape index (κ1) is 15.7. The zero-order valence-corrected chi connectivity index (χ0v) is 13.0. The summed E-state index contributed by atoms with van der Waals surface area (Å²) >= 11 is 6.00. The molecule has 0 amide bonds. The third-order valence-electron chi connectivity index (χ3n) is 3.08. The molecule has 0 fully saturated rings. The summed E-state index contributed by atoms with van der Waals surface area (Å²) in [5, 5.41) is 13.3. The number of hydrogen-bond donors (Lipinski definition) is 2. The minimum absolute atomic E-state index is 0.0195. The molecule has 1 aromatic carbocycles. The van der Waals surface area contributed by atoms with Gasteiger partial charge in [0.25, 0.3) is 0 Å². The van der Waals surface area contributed by atoms with Gasteiger partial charge in [-0.2, -0.15) is 0 Å². The van der Waals surface area contributed by atoms with Crippen LogP contribution in [0.3, 0.4) is 0 Å². The molecule has 4 nitrogen and oxygen atoms in total. The van der Waals surface area contributed by atoms with Crippen LogP contribution in [0.25, 0.3) is 11.3 Å². The van der Waals surface area contributed by atoms with Gasteiger partial charge in [-0.15, -0.1) is 0 Å². The molecule has 0 radical (unpaired) electrons. The molecule has 0 bridgehead atoms. The van der Waals surface area contributed by atoms with Gasteiger partial charge in [-0.3, -0.25) is 4.98 Å². The molecule has 2 N–H and O–H groups in total. The maximum atomic E-state index is 9.43. The molecule has 1 aromatic heterocycles. The maximum absolute atomic E-state index is 9.43. The van der Waals surface area contributed by atoms with Crippen LogP contribution in [-0.4, -0.2) is 27.7 Å². The van der Waals surface area contributed by atoms with E-state index in [4.69, 9.17) is 11.6 Å². The summed E-state index contributed by atoms with van der Waals surface area (Å²) < 4.78 is 0. The van der Waals surface area contributed by atoms with Crippen molar-refractivity contribution in [3.63, 3.8) is 0 Å². The minimum atomic E-state index is -0.0195. The smallest absolute Gasteiger partial charge is 0.145 e. The standard InChI is InChI=1S/C16H20ClN3O/c1-11(2)6-14(10-21)19-16-9-18-8-15(20-16)12-4-3-5-13(17)7-12/h3-5,7-9,11,14,21H,6,10H2,1-2H3,(H,19,20). The van der Waals surface area contributed by atoms with Gasteiger partial charge in [0.1, 0.15) is 5.82 Å². The third kappa shape index (κ3) is 4.69. The Labute approximate surface area is 130 Å². The first-order valence-corrected chi connectivity index (χ1v) is 7.41.